The highest BCUT2D eigenvalue weighted by atomic mass is 15.5. The van der Waals surface area contributed by atoms with Crippen LogP contribution < -0.4 is 5.73 Å². The molecule has 0 aromatic rings. The Morgan fingerprint density at radius 2 is 2.08 bits per heavy atom. The van der Waals surface area contributed by atoms with Gasteiger partial charge >= 0.3 is 0 Å². The number of piperidine rings is 1. The molecule has 5 heteroatoms. The van der Waals surface area contributed by atoms with Crippen LogP contribution in [0.5, 0.6) is 0 Å². The van der Waals surface area contributed by atoms with E-state index in [0.717, 1.165) is 31.8 Å². The smallest absolute Gasteiger partial charge is 0.153 e. The molecule has 0 radical (unpaired) electrons. The molecular weight excluding hydrogens is 154 g/mol. The summed E-state index contributed by atoms with van der Waals surface area (Å²) in [6, 6.07) is 0.372. The Balaban J connectivity index is 1.90. The highest BCUT2D eigenvalue weighted by Gasteiger charge is 2.20. The topological polar surface area (TPSA) is 66.3 Å². The molecule has 0 aliphatic carbocycles. The Morgan fingerprint density at radius 3 is 2.67 bits per heavy atom. The highest BCUT2D eigenvalue weighted by molar-refractivity contribution is 5.85. The van der Waals surface area contributed by atoms with Gasteiger partial charge in [0.2, 0.25) is 0 Å². The molecule has 66 valence electrons. The molecule has 0 spiro atoms. The van der Waals surface area contributed by atoms with E-state index in [-0.39, 0.29) is 0 Å². The summed E-state index contributed by atoms with van der Waals surface area (Å²) < 4.78 is 0. The normalized spacial score (nSPS) is 24.8. The van der Waals surface area contributed by atoms with E-state index < -0.39 is 0 Å². The average molecular weight is 167 g/mol. The van der Waals surface area contributed by atoms with Gasteiger partial charge in [-0.25, -0.2) is 0 Å². The first-order chi connectivity index (χ1) is 5.86. The van der Waals surface area contributed by atoms with Crippen LogP contribution in [0.25, 0.3) is 0 Å². The molecule has 12 heavy (non-hydrogen) atoms. The van der Waals surface area contributed by atoms with Gasteiger partial charge in [-0.2, -0.15) is 5.11 Å². The zero-order valence-corrected chi connectivity index (χ0v) is 6.98. The molecule has 1 saturated heterocycles. The van der Waals surface area contributed by atoms with E-state index in [4.69, 9.17) is 5.73 Å². The van der Waals surface area contributed by atoms with Crippen LogP contribution in [0.1, 0.15) is 12.8 Å². The van der Waals surface area contributed by atoms with Crippen molar-refractivity contribution in [3.8, 4) is 0 Å². The van der Waals surface area contributed by atoms with Gasteiger partial charge in [-0.05, 0) is 18.1 Å². The van der Waals surface area contributed by atoms with E-state index in [2.05, 4.69) is 20.3 Å². The Bertz CT molecular complexity index is 214. The number of likely N-dealkylation sites (tertiary alicyclic amines) is 1. The van der Waals surface area contributed by atoms with Gasteiger partial charge in [0.05, 0.1) is 0 Å². The van der Waals surface area contributed by atoms with Crippen LogP contribution in [0.3, 0.4) is 0 Å². The van der Waals surface area contributed by atoms with Crippen LogP contribution in [0, 0.1) is 0 Å². The minimum atomic E-state index is 0.372. The fraction of sp³-hybridized carbons (Fsp3) is 0.857. The van der Waals surface area contributed by atoms with E-state index in [1.165, 1.54) is 0 Å². The van der Waals surface area contributed by atoms with Gasteiger partial charge in [0, 0.05) is 19.1 Å². The van der Waals surface area contributed by atoms with Crippen molar-refractivity contribution in [3.05, 3.63) is 0 Å². The summed E-state index contributed by atoms with van der Waals surface area (Å²) in [5.74, 6) is 1.00. The van der Waals surface area contributed by atoms with Crippen LogP contribution in [-0.2, 0) is 0 Å². The maximum Gasteiger partial charge on any atom is 0.153 e. The molecule has 2 N–H and O–H groups in total. The molecular formula is C7H13N5. The number of nitrogens with zero attached hydrogens (tertiary/aromatic N) is 4. The monoisotopic (exact) mass is 167 g/mol. The largest absolute Gasteiger partial charge is 0.357 e. The van der Waals surface area contributed by atoms with Crippen LogP contribution in [0.15, 0.2) is 15.4 Å². The molecule has 5 nitrogen and oxygen atoms in total. The van der Waals surface area contributed by atoms with Gasteiger partial charge in [-0.1, -0.05) is 0 Å². The van der Waals surface area contributed by atoms with E-state index in [0.29, 0.717) is 12.6 Å². The van der Waals surface area contributed by atoms with Crippen molar-refractivity contribution in [2.45, 2.75) is 18.9 Å². The van der Waals surface area contributed by atoms with Crippen LogP contribution in [0.4, 0.5) is 0 Å². The van der Waals surface area contributed by atoms with Gasteiger partial charge in [0.1, 0.15) is 6.54 Å². The predicted molar refractivity (Wildman–Crippen MR) is 45.9 cm³/mol. The summed E-state index contributed by atoms with van der Waals surface area (Å²) in [5, 5.41) is 11.4. The SMILES string of the molecule is NC1CCN(C2=NN=NC2)CC1. The number of amidine groups is 1. The molecule has 0 bridgehead atoms. The molecule has 0 amide bonds. The molecule has 2 heterocycles. The number of rotatable bonds is 0. The second-order valence-corrected chi connectivity index (χ2v) is 3.23. The molecule has 2 aliphatic heterocycles. The second kappa shape index (κ2) is 3.18. The molecule has 0 saturated carbocycles. The minimum absolute atomic E-state index is 0.372. The zero-order chi connectivity index (χ0) is 8.39. The van der Waals surface area contributed by atoms with Gasteiger partial charge in [0.15, 0.2) is 5.84 Å². The van der Waals surface area contributed by atoms with E-state index in [9.17, 15) is 0 Å². The predicted octanol–water partition coefficient (Wildman–Crippen LogP) is 0.189. The van der Waals surface area contributed by atoms with Crippen molar-refractivity contribution in [3.63, 3.8) is 0 Å². The third kappa shape index (κ3) is 1.45. The minimum Gasteiger partial charge on any atom is -0.357 e. The maximum absolute atomic E-state index is 5.78. The van der Waals surface area contributed by atoms with Crippen molar-refractivity contribution in [1.29, 1.82) is 0 Å². The fourth-order valence-electron chi connectivity index (χ4n) is 1.53. The van der Waals surface area contributed by atoms with Gasteiger partial charge in [-0.3, -0.25) is 0 Å². The van der Waals surface area contributed by atoms with Crippen LogP contribution in [0.2, 0.25) is 0 Å². The highest BCUT2D eigenvalue weighted by Crippen LogP contribution is 2.11. The van der Waals surface area contributed by atoms with Crippen LogP contribution >= 0.6 is 0 Å². The summed E-state index contributed by atoms with van der Waals surface area (Å²) in [7, 11) is 0. The third-order valence-corrected chi connectivity index (χ3v) is 2.34. The molecule has 2 aliphatic rings. The Labute approximate surface area is 71.3 Å². The summed E-state index contributed by atoms with van der Waals surface area (Å²) in [5.41, 5.74) is 5.78. The quantitative estimate of drug-likeness (QED) is 0.559. The Kier molecular flexibility index (Phi) is 2.03. The third-order valence-electron chi connectivity index (χ3n) is 2.34. The first-order valence-corrected chi connectivity index (χ1v) is 4.30. The van der Waals surface area contributed by atoms with Crippen molar-refractivity contribution in [2.24, 2.45) is 21.2 Å². The van der Waals surface area contributed by atoms with Crippen molar-refractivity contribution >= 4 is 5.84 Å². The van der Waals surface area contributed by atoms with Crippen molar-refractivity contribution in [1.82, 2.24) is 4.90 Å². The van der Waals surface area contributed by atoms with Gasteiger partial charge in [-0.15, -0.1) is 5.10 Å². The number of hydrogen-bond donors (Lipinski definition) is 1. The number of hydrogen-bond acceptors (Lipinski definition) is 5. The molecule has 0 atom stereocenters. The summed E-state index contributed by atoms with van der Waals surface area (Å²) >= 11 is 0. The van der Waals surface area contributed by atoms with Crippen molar-refractivity contribution in [2.75, 3.05) is 19.6 Å². The Hall–Kier alpha value is -0.970. The lowest BCUT2D eigenvalue weighted by molar-refractivity contribution is 0.311. The molecule has 0 unspecified atom stereocenters. The summed E-state index contributed by atoms with van der Waals surface area (Å²) in [6.45, 7) is 2.66. The zero-order valence-electron chi connectivity index (χ0n) is 6.98. The van der Waals surface area contributed by atoms with E-state index >= 15 is 0 Å². The second-order valence-electron chi connectivity index (χ2n) is 3.23. The molecule has 2 rings (SSSR count). The van der Waals surface area contributed by atoms with E-state index in [1.54, 1.807) is 0 Å². The van der Waals surface area contributed by atoms with E-state index in [1.807, 2.05) is 0 Å². The number of nitrogens with two attached hydrogens (primary N) is 1. The fourth-order valence-corrected chi connectivity index (χ4v) is 1.53. The van der Waals surface area contributed by atoms with Gasteiger partial charge in [0.25, 0.3) is 0 Å². The maximum atomic E-state index is 5.78. The molecule has 0 aromatic heterocycles. The lowest BCUT2D eigenvalue weighted by atomic mass is 10.1. The van der Waals surface area contributed by atoms with Crippen LogP contribution in [-0.4, -0.2) is 36.4 Å². The lowest BCUT2D eigenvalue weighted by Gasteiger charge is -2.30. The summed E-state index contributed by atoms with van der Waals surface area (Å²) in [4.78, 5) is 2.23. The first kappa shape index (κ1) is 7.67. The van der Waals surface area contributed by atoms with Crippen molar-refractivity contribution < 1.29 is 0 Å². The first-order valence-electron chi connectivity index (χ1n) is 4.30. The average Bonchev–Trinajstić information content (AvgIpc) is 2.58. The Morgan fingerprint density at radius 1 is 1.33 bits per heavy atom. The van der Waals surface area contributed by atoms with Gasteiger partial charge < -0.3 is 10.6 Å². The molecule has 0 aromatic carbocycles. The standard InChI is InChI=1S/C7H13N5/c8-6-1-3-12(4-2-6)7-5-9-11-10-7/h6H,1-5,8H2. The molecule has 1 fully saturated rings. The summed E-state index contributed by atoms with van der Waals surface area (Å²) in [6.07, 6.45) is 2.11. The lowest BCUT2D eigenvalue weighted by Crippen LogP contribution is -2.43.